The normalized spacial score (nSPS) is 20.3. The Kier molecular flexibility index (Phi) is 5.38. The van der Waals surface area contributed by atoms with E-state index in [0.717, 1.165) is 29.0 Å². The number of carbonyl (C=O) groups excluding carboxylic acids is 2. The van der Waals surface area contributed by atoms with Gasteiger partial charge in [0.15, 0.2) is 0 Å². The molecule has 3 rings (SSSR count). The molecule has 9 heteroatoms. The summed E-state index contributed by atoms with van der Waals surface area (Å²) in [6.45, 7) is 3.54. The van der Waals surface area contributed by atoms with E-state index < -0.39 is 29.7 Å². The number of benzene rings is 1. The van der Waals surface area contributed by atoms with E-state index in [9.17, 15) is 22.8 Å². The topological polar surface area (TPSA) is 62.3 Å². The van der Waals surface area contributed by atoms with Crippen molar-refractivity contribution in [1.82, 2.24) is 15.2 Å². The molecule has 0 saturated carbocycles. The average Bonchev–Trinajstić information content (AvgIpc) is 2.61. The number of hydrogen-bond donors (Lipinski definition) is 1. The highest BCUT2D eigenvalue weighted by molar-refractivity contribution is 7.99. The van der Waals surface area contributed by atoms with Gasteiger partial charge in [-0.3, -0.25) is 10.1 Å². The molecule has 0 spiro atoms. The molecule has 148 valence electrons. The largest absolute Gasteiger partial charge is 0.419 e. The van der Waals surface area contributed by atoms with Crippen molar-refractivity contribution < 1.29 is 22.8 Å². The number of amides is 3. The molecule has 2 unspecified atom stereocenters. The van der Waals surface area contributed by atoms with Crippen molar-refractivity contribution in [2.24, 2.45) is 5.92 Å². The molecule has 3 amide bonds. The monoisotopic (exact) mass is 409 g/mol. The molecule has 0 aliphatic carbocycles. The van der Waals surface area contributed by atoms with Crippen LogP contribution in [0.2, 0.25) is 0 Å². The molecule has 1 fully saturated rings. The summed E-state index contributed by atoms with van der Waals surface area (Å²) in [4.78, 5) is 29.9. The molecule has 1 saturated heterocycles. The number of pyridine rings is 1. The fourth-order valence-electron chi connectivity index (χ4n) is 3.23. The maximum absolute atomic E-state index is 13.2. The summed E-state index contributed by atoms with van der Waals surface area (Å²) >= 11 is 0.922. The highest BCUT2D eigenvalue weighted by atomic mass is 32.2. The molecule has 1 aromatic heterocycles. The standard InChI is InChI=1S/C19H18F3N3O2S/c1-10-9-12(28-17-14(19(20,21)22)5-4-8-23-17)6-7-13(10)15-11(2)16(26)24-18(27)25(15)3/h4-9,11,15H,1-3H3,(H,24,26,27). The summed E-state index contributed by atoms with van der Waals surface area (Å²) in [6, 6.07) is 6.50. The number of carbonyl (C=O) groups is 2. The number of urea groups is 1. The minimum Gasteiger partial charge on any atom is -0.320 e. The zero-order valence-corrected chi connectivity index (χ0v) is 16.2. The van der Waals surface area contributed by atoms with Gasteiger partial charge in [-0.05, 0) is 42.3 Å². The molecule has 0 bridgehead atoms. The van der Waals surface area contributed by atoms with Crippen LogP contribution in [0.3, 0.4) is 0 Å². The first-order valence-corrected chi connectivity index (χ1v) is 9.29. The zero-order valence-electron chi connectivity index (χ0n) is 15.4. The summed E-state index contributed by atoms with van der Waals surface area (Å²) in [5.41, 5.74) is 0.768. The lowest BCUT2D eigenvalue weighted by Gasteiger charge is -2.37. The SMILES string of the molecule is Cc1cc(Sc2ncccc2C(F)(F)F)ccc1C1C(C)C(=O)NC(=O)N1C. The van der Waals surface area contributed by atoms with Gasteiger partial charge < -0.3 is 4.90 Å². The third-order valence-corrected chi connectivity index (χ3v) is 5.71. The molecule has 28 heavy (non-hydrogen) atoms. The number of imide groups is 1. The van der Waals surface area contributed by atoms with Crippen molar-refractivity contribution in [1.29, 1.82) is 0 Å². The number of nitrogens with one attached hydrogen (secondary N) is 1. The van der Waals surface area contributed by atoms with Gasteiger partial charge in [-0.1, -0.05) is 24.8 Å². The molecular weight excluding hydrogens is 391 g/mol. The van der Waals surface area contributed by atoms with Gasteiger partial charge in [-0.25, -0.2) is 9.78 Å². The molecule has 1 aromatic carbocycles. The van der Waals surface area contributed by atoms with Gasteiger partial charge in [-0.2, -0.15) is 13.2 Å². The highest BCUT2D eigenvalue weighted by Gasteiger charge is 2.38. The number of hydrogen-bond acceptors (Lipinski definition) is 4. The van der Waals surface area contributed by atoms with E-state index in [1.54, 1.807) is 39.1 Å². The van der Waals surface area contributed by atoms with E-state index in [2.05, 4.69) is 10.3 Å². The Morgan fingerprint density at radius 2 is 1.93 bits per heavy atom. The van der Waals surface area contributed by atoms with Crippen LogP contribution in [0.5, 0.6) is 0 Å². The van der Waals surface area contributed by atoms with Crippen molar-refractivity contribution in [3.63, 3.8) is 0 Å². The van der Waals surface area contributed by atoms with E-state index in [0.29, 0.717) is 4.90 Å². The fourth-order valence-corrected chi connectivity index (χ4v) is 4.24. The van der Waals surface area contributed by atoms with Gasteiger partial charge in [0.2, 0.25) is 5.91 Å². The highest BCUT2D eigenvalue weighted by Crippen LogP contribution is 2.40. The number of halogens is 3. The molecule has 0 radical (unpaired) electrons. The Labute approximate surface area is 164 Å². The van der Waals surface area contributed by atoms with Gasteiger partial charge in [0.25, 0.3) is 0 Å². The van der Waals surface area contributed by atoms with Crippen LogP contribution in [-0.4, -0.2) is 28.9 Å². The van der Waals surface area contributed by atoms with Gasteiger partial charge in [0.1, 0.15) is 5.03 Å². The zero-order chi connectivity index (χ0) is 20.6. The minimum absolute atomic E-state index is 0.125. The Bertz CT molecular complexity index is 913. The van der Waals surface area contributed by atoms with Gasteiger partial charge in [0.05, 0.1) is 17.5 Å². The van der Waals surface area contributed by atoms with Crippen LogP contribution in [0.1, 0.15) is 29.7 Å². The van der Waals surface area contributed by atoms with Crippen LogP contribution in [0.4, 0.5) is 18.0 Å². The van der Waals surface area contributed by atoms with Crippen molar-refractivity contribution in [3.8, 4) is 0 Å². The van der Waals surface area contributed by atoms with Gasteiger partial charge >= 0.3 is 12.2 Å². The van der Waals surface area contributed by atoms with Crippen LogP contribution < -0.4 is 5.32 Å². The van der Waals surface area contributed by atoms with Crippen LogP contribution in [0.15, 0.2) is 46.5 Å². The average molecular weight is 409 g/mol. The lowest BCUT2D eigenvalue weighted by atomic mass is 9.88. The molecule has 1 N–H and O–H groups in total. The van der Waals surface area contributed by atoms with Crippen LogP contribution in [-0.2, 0) is 11.0 Å². The van der Waals surface area contributed by atoms with Gasteiger partial charge in [0, 0.05) is 18.1 Å². The number of aryl methyl sites for hydroxylation is 1. The van der Waals surface area contributed by atoms with Crippen LogP contribution in [0.25, 0.3) is 0 Å². The lowest BCUT2D eigenvalue weighted by Crippen LogP contribution is -2.53. The van der Waals surface area contributed by atoms with E-state index >= 15 is 0 Å². The predicted molar refractivity (Wildman–Crippen MR) is 97.7 cm³/mol. The van der Waals surface area contributed by atoms with Gasteiger partial charge in [-0.15, -0.1) is 0 Å². The Balaban J connectivity index is 1.92. The van der Waals surface area contributed by atoms with E-state index in [-0.39, 0.29) is 10.9 Å². The first-order valence-electron chi connectivity index (χ1n) is 8.48. The van der Waals surface area contributed by atoms with Crippen LogP contribution in [0, 0.1) is 12.8 Å². The molecule has 1 aliphatic heterocycles. The Hall–Kier alpha value is -2.55. The lowest BCUT2D eigenvalue weighted by molar-refractivity contribution is -0.140. The van der Waals surface area contributed by atoms with E-state index in [1.165, 1.54) is 17.2 Å². The van der Waals surface area contributed by atoms with Crippen molar-refractivity contribution >= 4 is 23.7 Å². The second-order valence-electron chi connectivity index (χ2n) is 6.61. The Morgan fingerprint density at radius 1 is 1.21 bits per heavy atom. The minimum atomic E-state index is -4.49. The summed E-state index contributed by atoms with van der Waals surface area (Å²) in [5.74, 6) is -0.804. The molecule has 2 heterocycles. The Morgan fingerprint density at radius 3 is 2.57 bits per heavy atom. The molecular formula is C19H18F3N3O2S. The summed E-state index contributed by atoms with van der Waals surface area (Å²) < 4.78 is 39.5. The quantitative estimate of drug-likeness (QED) is 0.815. The number of alkyl halides is 3. The number of nitrogens with zero attached hydrogens (tertiary/aromatic N) is 2. The molecule has 5 nitrogen and oxygen atoms in total. The second kappa shape index (κ2) is 7.46. The van der Waals surface area contributed by atoms with Crippen molar-refractivity contribution in [2.45, 2.75) is 36.0 Å². The third kappa shape index (κ3) is 3.84. The molecule has 1 aliphatic rings. The fraction of sp³-hybridized carbons (Fsp3) is 0.316. The van der Waals surface area contributed by atoms with Crippen molar-refractivity contribution in [2.75, 3.05) is 7.05 Å². The third-order valence-electron chi connectivity index (χ3n) is 4.71. The predicted octanol–water partition coefficient (Wildman–Crippen LogP) is 4.42. The molecule has 2 atom stereocenters. The first-order chi connectivity index (χ1) is 13.1. The molecule has 2 aromatic rings. The number of aromatic nitrogens is 1. The van der Waals surface area contributed by atoms with Crippen LogP contribution >= 0.6 is 11.8 Å². The van der Waals surface area contributed by atoms with E-state index in [1.807, 2.05) is 0 Å². The summed E-state index contributed by atoms with van der Waals surface area (Å²) in [7, 11) is 1.61. The maximum atomic E-state index is 13.2. The summed E-state index contributed by atoms with van der Waals surface area (Å²) in [6.07, 6.45) is -3.17. The van der Waals surface area contributed by atoms with E-state index in [4.69, 9.17) is 0 Å². The first kappa shape index (κ1) is 20.2. The summed E-state index contributed by atoms with van der Waals surface area (Å²) in [5, 5.41) is 2.17. The van der Waals surface area contributed by atoms with Crippen molar-refractivity contribution in [3.05, 3.63) is 53.2 Å². The maximum Gasteiger partial charge on any atom is 0.419 e. The smallest absolute Gasteiger partial charge is 0.320 e. The number of rotatable bonds is 3. The second-order valence-corrected chi connectivity index (χ2v) is 7.68.